The van der Waals surface area contributed by atoms with Crippen molar-refractivity contribution in [3.8, 4) is 0 Å². The van der Waals surface area contributed by atoms with Gasteiger partial charge in [0.1, 0.15) is 0 Å². The minimum Gasteiger partial charge on any atom is -0.369 e. The lowest BCUT2D eigenvalue weighted by molar-refractivity contribution is -0.376. The number of aliphatic hydroxyl groups is 1. The highest BCUT2D eigenvalue weighted by molar-refractivity contribution is 5.30. The molecule has 0 aliphatic carbocycles. The van der Waals surface area contributed by atoms with Gasteiger partial charge in [0.15, 0.2) is 0 Å². The Balaban J connectivity index is 3.07. The van der Waals surface area contributed by atoms with Crippen LogP contribution in [0.2, 0.25) is 0 Å². The minimum absolute atomic E-state index is 0.324. The highest BCUT2D eigenvalue weighted by atomic mass is 19.4. The van der Waals surface area contributed by atoms with Gasteiger partial charge in [0.05, 0.1) is 0 Å². The third-order valence-electron chi connectivity index (χ3n) is 2.95. The molecular weight excluding hydrogens is 300 g/mol. The quantitative estimate of drug-likeness (QED) is 0.644. The molecule has 1 rings (SSSR count). The first-order chi connectivity index (χ1) is 9.54. The van der Waals surface area contributed by atoms with Crippen molar-refractivity contribution in [2.24, 2.45) is 0 Å². The molecular formula is C13H15F6NO. The zero-order chi connectivity index (χ0) is 16.3. The van der Waals surface area contributed by atoms with Crippen LogP contribution in [-0.4, -0.2) is 24.0 Å². The number of halogens is 6. The fourth-order valence-corrected chi connectivity index (χ4v) is 1.76. The highest BCUT2D eigenvalue weighted by Crippen LogP contribution is 2.49. The summed E-state index contributed by atoms with van der Waals surface area (Å²) in [5.74, 6) is 0. The van der Waals surface area contributed by atoms with Crippen LogP contribution in [0, 0.1) is 0 Å². The van der Waals surface area contributed by atoms with Crippen molar-refractivity contribution >= 4 is 0 Å². The van der Waals surface area contributed by atoms with Crippen LogP contribution >= 0.6 is 0 Å². The fraction of sp³-hybridized carbons (Fsp3) is 0.538. The van der Waals surface area contributed by atoms with Crippen molar-refractivity contribution in [2.45, 2.75) is 37.8 Å². The van der Waals surface area contributed by atoms with E-state index in [0.29, 0.717) is 30.8 Å². The molecule has 0 spiro atoms. The summed E-state index contributed by atoms with van der Waals surface area (Å²) in [6.07, 6.45) is -10.9. The number of hydrogen-bond donors (Lipinski definition) is 2. The average molecular weight is 315 g/mol. The number of alkyl halides is 6. The van der Waals surface area contributed by atoms with Crippen LogP contribution in [0.15, 0.2) is 24.3 Å². The van der Waals surface area contributed by atoms with Crippen molar-refractivity contribution < 1.29 is 31.4 Å². The molecule has 1 aromatic rings. The average Bonchev–Trinajstić information content (AvgIpc) is 2.36. The van der Waals surface area contributed by atoms with E-state index in [1.54, 1.807) is 0 Å². The van der Waals surface area contributed by atoms with Crippen molar-refractivity contribution in [1.29, 1.82) is 0 Å². The van der Waals surface area contributed by atoms with Gasteiger partial charge in [0.2, 0.25) is 0 Å². The van der Waals surface area contributed by atoms with Gasteiger partial charge in [-0.3, -0.25) is 0 Å². The number of benzene rings is 1. The van der Waals surface area contributed by atoms with Crippen molar-refractivity contribution in [3.63, 3.8) is 0 Å². The van der Waals surface area contributed by atoms with Gasteiger partial charge in [-0.2, -0.15) is 26.3 Å². The van der Waals surface area contributed by atoms with Crippen LogP contribution in [0.5, 0.6) is 0 Å². The molecule has 0 saturated heterocycles. The molecule has 0 aliphatic rings. The molecule has 0 fully saturated rings. The minimum atomic E-state index is -5.85. The zero-order valence-electron chi connectivity index (χ0n) is 11.1. The van der Waals surface area contributed by atoms with E-state index in [2.05, 4.69) is 5.32 Å². The lowest BCUT2D eigenvalue weighted by Gasteiger charge is -2.32. The van der Waals surface area contributed by atoms with Gasteiger partial charge in [0, 0.05) is 12.1 Å². The number of rotatable bonds is 5. The second kappa shape index (κ2) is 6.23. The highest BCUT2D eigenvalue weighted by Gasteiger charge is 2.71. The predicted molar refractivity (Wildman–Crippen MR) is 64.4 cm³/mol. The normalized spacial score (nSPS) is 13.5. The first-order valence-electron chi connectivity index (χ1n) is 6.20. The summed E-state index contributed by atoms with van der Waals surface area (Å²) >= 11 is 0. The van der Waals surface area contributed by atoms with E-state index in [4.69, 9.17) is 0 Å². The summed E-state index contributed by atoms with van der Waals surface area (Å²) < 4.78 is 75.9. The van der Waals surface area contributed by atoms with E-state index in [1.165, 1.54) is 0 Å². The maximum Gasteiger partial charge on any atom is 0.430 e. The maximum absolute atomic E-state index is 12.7. The molecule has 0 atom stereocenters. The monoisotopic (exact) mass is 315 g/mol. The molecule has 0 heterocycles. The molecule has 0 unspecified atom stereocenters. The first-order valence-corrected chi connectivity index (χ1v) is 6.20. The summed E-state index contributed by atoms with van der Waals surface area (Å²) in [5, 5.41) is 12.2. The molecule has 0 aromatic heterocycles. The Morgan fingerprint density at radius 2 is 1.43 bits per heavy atom. The van der Waals surface area contributed by atoms with Crippen LogP contribution < -0.4 is 5.32 Å². The lowest BCUT2D eigenvalue weighted by atomic mass is 9.91. The molecule has 0 saturated carbocycles. The van der Waals surface area contributed by atoms with Crippen LogP contribution in [-0.2, 0) is 12.1 Å². The van der Waals surface area contributed by atoms with Crippen molar-refractivity contribution in [1.82, 2.24) is 5.32 Å². The van der Waals surface area contributed by atoms with E-state index in [0.717, 1.165) is 18.6 Å². The third kappa shape index (κ3) is 3.68. The molecule has 0 amide bonds. The lowest BCUT2D eigenvalue weighted by Crippen LogP contribution is -2.53. The summed E-state index contributed by atoms with van der Waals surface area (Å²) in [4.78, 5) is 0. The van der Waals surface area contributed by atoms with Crippen molar-refractivity contribution in [2.75, 3.05) is 6.54 Å². The van der Waals surface area contributed by atoms with Gasteiger partial charge in [0.25, 0.3) is 5.60 Å². The van der Waals surface area contributed by atoms with Gasteiger partial charge in [-0.1, -0.05) is 31.2 Å². The van der Waals surface area contributed by atoms with E-state index < -0.39 is 23.5 Å². The molecule has 1 aromatic carbocycles. The fourth-order valence-electron chi connectivity index (χ4n) is 1.76. The summed E-state index contributed by atoms with van der Waals surface area (Å²) in [6, 6.07) is 3.54. The number of hydrogen-bond acceptors (Lipinski definition) is 2. The van der Waals surface area contributed by atoms with E-state index >= 15 is 0 Å². The molecule has 8 heteroatoms. The molecule has 2 N–H and O–H groups in total. The molecule has 120 valence electrons. The van der Waals surface area contributed by atoms with Crippen LogP contribution in [0.4, 0.5) is 26.3 Å². The Morgan fingerprint density at radius 3 is 1.81 bits per heavy atom. The predicted octanol–water partition coefficient (Wildman–Crippen LogP) is 3.50. The van der Waals surface area contributed by atoms with Crippen molar-refractivity contribution in [3.05, 3.63) is 35.4 Å². The summed E-state index contributed by atoms with van der Waals surface area (Å²) in [6.45, 7) is 2.92. The SMILES string of the molecule is CCCNCc1ccc(C(O)(C(F)(F)F)C(F)(F)F)cc1. The standard InChI is InChI=1S/C13H15F6NO/c1-2-7-20-8-9-3-5-10(6-4-9)11(21,12(14,15)16)13(17,18)19/h3-6,20-21H,2,7-8H2,1H3. The zero-order valence-corrected chi connectivity index (χ0v) is 11.1. The molecule has 2 nitrogen and oxygen atoms in total. The third-order valence-corrected chi connectivity index (χ3v) is 2.95. The Bertz CT molecular complexity index is 437. The van der Waals surface area contributed by atoms with Crippen LogP contribution in [0.1, 0.15) is 24.5 Å². The largest absolute Gasteiger partial charge is 0.430 e. The van der Waals surface area contributed by atoms with Crippen LogP contribution in [0.25, 0.3) is 0 Å². The van der Waals surface area contributed by atoms with E-state index in [1.807, 2.05) is 6.92 Å². The van der Waals surface area contributed by atoms with Gasteiger partial charge in [-0.25, -0.2) is 0 Å². The smallest absolute Gasteiger partial charge is 0.369 e. The first kappa shape index (κ1) is 17.8. The van der Waals surface area contributed by atoms with Gasteiger partial charge in [-0.05, 0) is 18.5 Å². The number of nitrogens with one attached hydrogen (secondary N) is 1. The molecule has 0 aliphatic heterocycles. The Morgan fingerprint density at radius 1 is 0.952 bits per heavy atom. The summed E-state index contributed by atoms with van der Waals surface area (Å²) in [7, 11) is 0. The van der Waals surface area contributed by atoms with Gasteiger partial charge >= 0.3 is 12.4 Å². The van der Waals surface area contributed by atoms with E-state index in [9.17, 15) is 31.4 Å². The second-order valence-electron chi connectivity index (χ2n) is 4.58. The summed E-state index contributed by atoms with van der Waals surface area (Å²) in [5.41, 5.74) is -5.59. The van der Waals surface area contributed by atoms with Gasteiger partial charge in [-0.15, -0.1) is 0 Å². The molecule has 0 bridgehead atoms. The molecule has 21 heavy (non-hydrogen) atoms. The maximum atomic E-state index is 12.7. The molecule has 0 radical (unpaired) electrons. The Kier molecular flexibility index (Phi) is 5.27. The Hall–Kier alpha value is -1.28. The Labute approximate surface area is 117 Å². The second-order valence-corrected chi connectivity index (χ2v) is 4.58. The van der Waals surface area contributed by atoms with Gasteiger partial charge < -0.3 is 10.4 Å². The topological polar surface area (TPSA) is 32.3 Å². The van der Waals surface area contributed by atoms with Crippen LogP contribution in [0.3, 0.4) is 0 Å². The van der Waals surface area contributed by atoms with E-state index in [-0.39, 0.29) is 0 Å².